The van der Waals surface area contributed by atoms with Gasteiger partial charge >= 0.3 is 0 Å². The molecule has 0 unspecified atom stereocenters. The number of rotatable bonds is 2. The van der Waals surface area contributed by atoms with Gasteiger partial charge < -0.3 is 5.73 Å². The third kappa shape index (κ3) is 1.84. The van der Waals surface area contributed by atoms with Gasteiger partial charge in [-0.1, -0.05) is 6.07 Å². The third-order valence-electron chi connectivity index (χ3n) is 2.67. The van der Waals surface area contributed by atoms with Crippen LogP contribution in [-0.2, 0) is 6.54 Å². The number of benzene rings is 1. The van der Waals surface area contributed by atoms with E-state index in [0.717, 1.165) is 17.3 Å². The zero-order valence-electron chi connectivity index (χ0n) is 9.86. The van der Waals surface area contributed by atoms with Gasteiger partial charge in [0.2, 0.25) is 0 Å². The maximum absolute atomic E-state index is 5.64. The van der Waals surface area contributed by atoms with Gasteiger partial charge in [0.1, 0.15) is 11.6 Å². The Morgan fingerprint density at radius 2 is 2.00 bits per heavy atom. The monoisotopic (exact) mass is 216 g/mol. The van der Waals surface area contributed by atoms with Crippen LogP contribution in [-0.4, -0.2) is 14.8 Å². The van der Waals surface area contributed by atoms with E-state index >= 15 is 0 Å². The van der Waals surface area contributed by atoms with Crippen molar-refractivity contribution in [1.82, 2.24) is 14.8 Å². The molecule has 0 radical (unpaired) electrons. The summed E-state index contributed by atoms with van der Waals surface area (Å²) >= 11 is 0. The SMILES string of the molecule is Cc1nc(C)n(-c2ccc(CN)c(C)c2)n1. The van der Waals surface area contributed by atoms with Crippen LogP contribution in [0.1, 0.15) is 22.8 Å². The first-order valence-electron chi connectivity index (χ1n) is 5.32. The van der Waals surface area contributed by atoms with Gasteiger partial charge in [0.15, 0.2) is 0 Å². The van der Waals surface area contributed by atoms with Crippen molar-refractivity contribution < 1.29 is 0 Å². The predicted molar refractivity (Wildman–Crippen MR) is 63.5 cm³/mol. The zero-order chi connectivity index (χ0) is 11.7. The fraction of sp³-hybridized carbons (Fsp3) is 0.333. The maximum atomic E-state index is 5.64. The average Bonchev–Trinajstić information content (AvgIpc) is 2.58. The fourth-order valence-corrected chi connectivity index (χ4v) is 1.81. The van der Waals surface area contributed by atoms with Crippen LogP contribution in [0.25, 0.3) is 5.69 Å². The van der Waals surface area contributed by atoms with Crippen molar-refractivity contribution >= 4 is 0 Å². The van der Waals surface area contributed by atoms with Gasteiger partial charge in [-0.3, -0.25) is 0 Å². The Hall–Kier alpha value is -1.68. The molecule has 84 valence electrons. The molecule has 0 spiro atoms. The second-order valence-electron chi connectivity index (χ2n) is 3.93. The molecule has 0 atom stereocenters. The van der Waals surface area contributed by atoms with Crippen LogP contribution in [0.3, 0.4) is 0 Å². The molecule has 4 nitrogen and oxygen atoms in total. The van der Waals surface area contributed by atoms with E-state index in [4.69, 9.17) is 5.73 Å². The molecule has 1 heterocycles. The largest absolute Gasteiger partial charge is 0.326 e. The molecule has 1 aromatic carbocycles. The van der Waals surface area contributed by atoms with Crippen molar-refractivity contribution in [3.8, 4) is 5.69 Å². The van der Waals surface area contributed by atoms with E-state index in [2.05, 4.69) is 23.1 Å². The van der Waals surface area contributed by atoms with E-state index in [1.54, 1.807) is 0 Å². The van der Waals surface area contributed by atoms with E-state index in [1.165, 1.54) is 11.1 Å². The predicted octanol–water partition coefficient (Wildman–Crippen LogP) is 1.65. The summed E-state index contributed by atoms with van der Waals surface area (Å²) in [5, 5.41) is 4.35. The first-order valence-corrected chi connectivity index (χ1v) is 5.32. The van der Waals surface area contributed by atoms with Crippen molar-refractivity contribution in [1.29, 1.82) is 0 Å². The lowest BCUT2D eigenvalue weighted by atomic mass is 10.1. The van der Waals surface area contributed by atoms with E-state index in [0.29, 0.717) is 6.54 Å². The Kier molecular flexibility index (Phi) is 2.75. The molecule has 2 aromatic rings. The molecule has 16 heavy (non-hydrogen) atoms. The number of hydrogen-bond donors (Lipinski definition) is 1. The summed E-state index contributed by atoms with van der Waals surface area (Å²) in [7, 11) is 0. The van der Waals surface area contributed by atoms with Crippen LogP contribution >= 0.6 is 0 Å². The number of hydrogen-bond acceptors (Lipinski definition) is 3. The second-order valence-corrected chi connectivity index (χ2v) is 3.93. The van der Waals surface area contributed by atoms with Crippen LogP contribution in [0.5, 0.6) is 0 Å². The van der Waals surface area contributed by atoms with Crippen LogP contribution in [0.4, 0.5) is 0 Å². The number of aryl methyl sites for hydroxylation is 3. The molecular weight excluding hydrogens is 200 g/mol. The molecule has 0 saturated heterocycles. The summed E-state index contributed by atoms with van der Waals surface area (Å²) in [6, 6.07) is 6.15. The minimum absolute atomic E-state index is 0.571. The van der Waals surface area contributed by atoms with Crippen molar-refractivity contribution in [2.45, 2.75) is 27.3 Å². The summed E-state index contributed by atoms with van der Waals surface area (Å²) in [6.07, 6.45) is 0. The Balaban J connectivity index is 2.49. The van der Waals surface area contributed by atoms with E-state index < -0.39 is 0 Å². The lowest BCUT2D eigenvalue weighted by molar-refractivity contribution is 0.828. The van der Waals surface area contributed by atoms with E-state index in [1.807, 2.05) is 30.7 Å². The Labute approximate surface area is 95.1 Å². The quantitative estimate of drug-likeness (QED) is 0.830. The highest BCUT2D eigenvalue weighted by Gasteiger charge is 2.06. The first kappa shape index (κ1) is 10.8. The highest BCUT2D eigenvalue weighted by molar-refractivity contribution is 5.40. The summed E-state index contributed by atoms with van der Waals surface area (Å²) in [5.74, 6) is 1.69. The van der Waals surface area contributed by atoms with Crippen LogP contribution in [0.2, 0.25) is 0 Å². The summed E-state index contributed by atoms with van der Waals surface area (Å²) in [6.45, 7) is 6.48. The first-order chi connectivity index (χ1) is 7.61. The molecule has 0 amide bonds. The summed E-state index contributed by atoms with van der Waals surface area (Å²) < 4.78 is 1.85. The van der Waals surface area contributed by atoms with Gasteiger partial charge in [-0.25, -0.2) is 9.67 Å². The highest BCUT2D eigenvalue weighted by atomic mass is 15.3. The van der Waals surface area contributed by atoms with Crippen LogP contribution in [0, 0.1) is 20.8 Å². The molecule has 0 aliphatic rings. The molecule has 4 heteroatoms. The lowest BCUT2D eigenvalue weighted by Gasteiger charge is -2.07. The molecule has 0 saturated carbocycles. The standard InChI is InChI=1S/C12H16N4/c1-8-6-12(5-4-11(8)7-13)16-10(3)14-9(2)15-16/h4-6H,7,13H2,1-3H3. The van der Waals surface area contributed by atoms with Crippen molar-refractivity contribution in [2.24, 2.45) is 5.73 Å². The summed E-state index contributed by atoms with van der Waals surface area (Å²) in [4.78, 5) is 4.29. The van der Waals surface area contributed by atoms with Crippen LogP contribution < -0.4 is 5.73 Å². The van der Waals surface area contributed by atoms with E-state index in [-0.39, 0.29) is 0 Å². The molecule has 2 N–H and O–H groups in total. The van der Waals surface area contributed by atoms with Gasteiger partial charge in [-0.2, -0.15) is 5.10 Å². The topological polar surface area (TPSA) is 56.7 Å². The normalized spacial score (nSPS) is 10.8. The molecule has 1 aromatic heterocycles. The lowest BCUT2D eigenvalue weighted by Crippen LogP contribution is -2.03. The zero-order valence-corrected chi connectivity index (χ0v) is 9.86. The molecule has 2 rings (SSSR count). The minimum Gasteiger partial charge on any atom is -0.326 e. The van der Waals surface area contributed by atoms with Gasteiger partial charge in [-0.15, -0.1) is 0 Å². The average molecular weight is 216 g/mol. The third-order valence-corrected chi connectivity index (χ3v) is 2.67. The van der Waals surface area contributed by atoms with Gasteiger partial charge in [0, 0.05) is 6.54 Å². The van der Waals surface area contributed by atoms with Gasteiger partial charge in [0.25, 0.3) is 0 Å². The Morgan fingerprint density at radius 3 is 2.50 bits per heavy atom. The molecule has 0 bridgehead atoms. The van der Waals surface area contributed by atoms with Crippen molar-refractivity contribution in [2.75, 3.05) is 0 Å². The van der Waals surface area contributed by atoms with Crippen molar-refractivity contribution in [3.63, 3.8) is 0 Å². The second kappa shape index (κ2) is 4.06. The smallest absolute Gasteiger partial charge is 0.148 e. The molecule has 0 aliphatic heterocycles. The maximum Gasteiger partial charge on any atom is 0.148 e. The minimum atomic E-state index is 0.571. The Morgan fingerprint density at radius 1 is 1.25 bits per heavy atom. The molecule has 0 aliphatic carbocycles. The molecule has 0 fully saturated rings. The van der Waals surface area contributed by atoms with Gasteiger partial charge in [0.05, 0.1) is 5.69 Å². The van der Waals surface area contributed by atoms with Crippen LogP contribution in [0.15, 0.2) is 18.2 Å². The number of nitrogens with two attached hydrogens (primary N) is 1. The number of nitrogens with zero attached hydrogens (tertiary/aromatic N) is 3. The van der Waals surface area contributed by atoms with Crippen molar-refractivity contribution in [3.05, 3.63) is 41.0 Å². The van der Waals surface area contributed by atoms with E-state index in [9.17, 15) is 0 Å². The highest BCUT2D eigenvalue weighted by Crippen LogP contribution is 2.15. The Bertz CT molecular complexity index is 514. The fourth-order valence-electron chi connectivity index (χ4n) is 1.81. The molecular formula is C12H16N4. The van der Waals surface area contributed by atoms with Gasteiger partial charge in [-0.05, 0) is 44.0 Å². The summed E-state index contributed by atoms with van der Waals surface area (Å²) in [5.41, 5.74) is 9.03. The number of aromatic nitrogens is 3.